The predicted octanol–water partition coefficient (Wildman–Crippen LogP) is 2.64. The molecule has 2 N–H and O–H groups in total. The lowest BCUT2D eigenvalue weighted by atomic mass is 10.2. The van der Waals surface area contributed by atoms with Crippen LogP contribution in [0.5, 0.6) is 11.5 Å². The van der Waals surface area contributed by atoms with Crippen LogP contribution in [0, 0.1) is 17.0 Å². The second-order valence-corrected chi connectivity index (χ2v) is 5.18. The molecule has 2 aromatic carbocycles. The quantitative estimate of drug-likeness (QED) is 0.604. The summed E-state index contributed by atoms with van der Waals surface area (Å²) >= 11 is 0. The van der Waals surface area contributed by atoms with Crippen LogP contribution in [0.3, 0.4) is 0 Å². The molecular formula is C17H17N3O6. The van der Waals surface area contributed by atoms with Crippen molar-refractivity contribution in [3.8, 4) is 11.5 Å². The third-order valence-electron chi connectivity index (χ3n) is 3.41. The number of benzene rings is 2. The Balaban J connectivity index is 1.87. The van der Waals surface area contributed by atoms with Gasteiger partial charge in [0.25, 0.3) is 11.6 Å². The maximum Gasteiger partial charge on any atom is 0.325 e. The maximum atomic E-state index is 11.8. The van der Waals surface area contributed by atoms with Gasteiger partial charge in [0.05, 0.1) is 17.6 Å². The SMILES string of the molecule is COc1ccc(NC(=O)NC(=O)COc2cccc([N+](=O)[O-])c2C)cc1. The zero-order valence-corrected chi connectivity index (χ0v) is 14.1. The Morgan fingerprint density at radius 1 is 1.15 bits per heavy atom. The van der Waals surface area contributed by atoms with Crippen molar-refractivity contribution in [3.63, 3.8) is 0 Å². The van der Waals surface area contributed by atoms with Gasteiger partial charge in [0, 0.05) is 11.8 Å². The highest BCUT2D eigenvalue weighted by Crippen LogP contribution is 2.26. The number of hydrogen-bond acceptors (Lipinski definition) is 6. The first-order valence-electron chi connectivity index (χ1n) is 7.52. The van der Waals surface area contributed by atoms with Crippen molar-refractivity contribution in [1.82, 2.24) is 5.32 Å². The molecule has 0 fully saturated rings. The monoisotopic (exact) mass is 359 g/mol. The average molecular weight is 359 g/mol. The number of nitrogens with one attached hydrogen (secondary N) is 2. The van der Waals surface area contributed by atoms with E-state index in [0.29, 0.717) is 17.0 Å². The smallest absolute Gasteiger partial charge is 0.325 e. The minimum absolute atomic E-state index is 0.111. The molecule has 0 radical (unpaired) electrons. The summed E-state index contributed by atoms with van der Waals surface area (Å²) in [5.74, 6) is 0.139. The number of urea groups is 1. The van der Waals surface area contributed by atoms with Crippen LogP contribution in [-0.2, 0) is 4.79 Å². The van der Waals surface area contributed by atoms with Gasteiger partial charge in [0.2, 0.25) is 0 Å². The normalized spacial score (nSPS) is 9.92. The van der Waals surface area contributed by atoms with Crippen molar-refractivity contribution in [3.05, 3.63) is 58.1 Å². The number of amides is 3. The summed E-state index contributed by atoms with van der Waals surface area (Å²) in [6.45, 7) is 1.06. The van der Waals surface area contributed by atoms with E-state index in [1.807, 2.05) is 0 Å². The Hall–Kier alpha value is -3.62. The molecule has 9 heteroatoms. The number of carbonyl (C=O) groups is 2. The van der Waals surface area contributed by atoms with Crippen molar-refractivity contribution in [1.29, 1.82) is 0 Å². The molecule has 0 bridgehead atoms. The van der Waals surface area contributed by atoms with Gasteiger partial charge in [-0.05, 0) is 37.3 Å². The number of nitro groups is 1. The van der Waals surface area contributed by atoms with Gasteiger partial charge in [-0.1, -0.05) is 6.07 Å². The number of nitro benzene ring substituents is 1. The van der Waals surface area contributed by atoms with E-state index >= 15 is 0 Å². The Morgan fingerprint density at radius 2 is 1.85 bits per heavy atom. The van der Waals surface area contributed by atoms with E-state index in [1.54, 1.807) is 24.3 Å². The Bertz CT molecular complexity index is 820. The summed E-state index contributed by atoms with van der Waals surface area (Å²) in [5, 5.41) is 15.5. The summed E-state index contributed by atoms with van der Waals surface area (Å²) in [7, 11) is 1.52. The van der Waals surface area contributed by atoms with E-state index in [1.165, 1.54) is 32.2 Å². The van der Waals surface area contributed by atoms with Crippen LogP contribution in [-0.4, -0.2) is 30.6 Å². The molecule has 0 saturated heterocycles. The number of carbonyl (C=O) groups excluding carboxylic acids is 2. The summed E-state index contributed by atoms with van der Waals surface area (Å²) in [6.07, 6.45) is 0. The van der Waals surface area contributed by atoms with Gasteiger partial charge >= 0.3 is 6.03 Å². The number of methoxy groups -OCH3 is 1. The summed E-state index contributed by atoms with van der Waals surface area (Å²) < 4.78 is 10.3. The van der Waals surface area contributed by atoms with Crippen molar-refractivity contribution in [2.45, 2.75) is 6.92 Å². The molecule has 0 saturated carbocycles. The van der Waals surface area contributed by atoms with Crippen molar-refractivity contribution >= 4 is 23.3 Å². The van der Waals surface area contributed by atoms with E-state index in [0.717, 1.165) is 0 Å². The first kappa shape index (κ1) is 18.7. The molecule has 136 valence electrons. The van der Waals surface area contributed by atoms with Gasteiger partial charge in [-0.2, -0.15) is 0 Å². The molecule has 0 atom stereocenters. The fourth-order valence-corrected chi connectivity index (χ4v) is 2.10. The maximum absolute atomic E-state index is 11.8. The summed E-state index contributed by atoms with van der Waals surface area (Å²) in [6, 6.07) is 10.1. The zero-order chi connectivity index (χ0) is 19.1. The highest BCUT2D eigenvalue weighted by molar-refractivity contribution is 6.01. The van der Waals surface area contributed by atoms with Crippen molar-refractivity contribution in [2.24, 2.45) is 0 Å². The molecule has 26 heavy (non-hydrogen) atoms. The Kier molecular flexibility index (Phi) is 6.10. The van der Waals surface area contributed by atoms with Gasteiger partial charge in [-0.15, -0.1) is 0 Å². The molecule has 0 heterocycles. The topological polar surface area (TPSA) is 120 Å². The molecule has 0 spiro atoms. The predicted molar refractivity (Wildman–Crippen MR) is 93.5 cm³/mol. The van der Waals surface area contributed by atoms with Gasteiger partial charge in [-0.3, -0.25) is 20.2 Å². The van der Waals surface area contributed by atoms with Gasteiger partial charge in [-0.25, -0.2) is 4.79 Å². The number of imide groups is 1. The Morgan fingerprint density at radius 3 is 2.46 bits per heavy atom. The van der Waals surface area contributed by atoms with E-state index in [-0.39, 0.29) is 11.4 Å². The molecule has 0 aliphatic heterocycles. The molecule has 0 aliphatic carbocycles. The van der Waals surface area contributed by atoms with Crippen LogP contribution >= 0.6 is 0 Å². The minimum Gasteiger partial charge on any atom is -0.497 e. The van der Waals surface area contributed by atoms with Gasteiger partial charge in [0.15, 0.2) is 6.61 Å². The third kappa shape index (κ3) is 4.94. The number of anilines is 1. The van der Waals surface area contributed by atoms with Gasteiger partial charge < -0.3 is 14.8 Å². The first-order valence-corrected chi connectivity index (χ1v) is 7.52. The van der Waals surface area contributed by atoms with Crippen LogP contribution in [0.2, 0.25) is 0 Å². The second kappa shape index (κ2) is 8.47. The molecule has 9 nitrogen and oxygen atoms in total. The lowest BCUT2D eigenvalue weighted by Gasteiger charge is -2.10. The lowest BCUT2D eigenvalue weighted by molar-refractivity contribution is -0.385. The second-order valence-electron chi connectivity index (χ2n) is 5.18. The van der Waals surface area contributed by atoms with E-state index < -0.39 is 23.5 Å². The summed E-state index contributed by atoms with van der Waals surface area (Å²) in [5.41, 5.74) is 0.666. The average Bonchev–Trinajstić information content (AvgIpc) is 2.61. The number of hydrogen-bond donors (Lipinski definition) is 2. The highest BCUT2D eigenvalue weighted by atomic mass is 16.6. The van der Waals surface area contributed by atoms with E-state index in [9.17, 15) is 19.7 Å². The van der Waals surface area contributed by atoms with Crippen molar-refractivity contribution < 1.29 is 24.0 Å². The van der Waals surface area contributed by atoms with Crippen LogP contribution in [0.1, 0.15) is 5.56 Å². The molecule has 0 aliphatic rings. The van der Waals surface area contributed by atoms with Crippen LogP contribution < -0.4 is 20.1 Å². The van der Waals surface area contributed by atoms with Crippen molar-refractivity contribution in [2.75, 3.05) is 19.0 Å². The zero-order valence-electron chi connectivity index (χ0n) is 14.1. The fraction of sp³-hybridized carbons (Fsp3) is 0.176. The van der Waals surface area contributed by atoms with Crippen LogP contribution in [0.15, 0.2) is 42.5 Å². The van der Waals surface area contributed by atoms with Crippen LogP contribution in [0.25, 0.3) is 0 Å². The first-order chi connectivity index (χ1) is 12.4. The minimum atomic E-state index is -0.723. The Labute approximate surface area is 149 Å². The number of rotatable bonds is 6. The molecule has 2 aromatic rings. The molecule has 0 aromatic heterocycles. The van der Waals surface area contributed by atoms with E-state index in [2.05, 4.69) is 10.6 Å². The van der Waals surface area contributed by atoms with E-state index in [4.69, 9.17) is 9.47 Å². The molecule has 0 unspecified atom stereocenters. The summed E-state index contributed by atoms with van der Waals surface area (Å²) in [4.78, 5) is 33.9. The largest absolute Gasteiger partial charge is 0.497 e. The number of ether oxygens (including phenoxy) is 2. The van der Waals surface area contributed by atoms with Crippen LogP contribution in [0.4, 0.5) is 16.2 Å². The fourth-order valence-electron chi connectivity index (χ4n) is 2.10. The lowest BCUT2D eigenvalue weighted by Crippen LogP contribution is -2.37. The molecule has 2 rings (SSSR count). The molecular weight excluding hydrogens is 342 g/mol. The van der Waals surface area contributed by atoms with Gasteiger partial charge in [0.1, 0.15) is 11.5 Å². The standard InChI is InChI=1S/C17H17N3O6/c1-11-14(20(23)24)4-3-5-15(11)26-10-16(21)19-17(22)18-12-6-8-13(25-2)9-7-12/h3-9H,10H2,1-2H3,(H2,18,19,21,22). The highest BCUT2D eigenvalue weighted by Gasteiger charge is 2.15. The molecule has 3 amide bonds. The third-order valence-corrected chi connectivity index (χ3v) is 3.41. The number of nitrogens with zero attached hydrogens (tertiary/aromatic N) is 1.